The van der Waals surface area contributed by atoms with Gasteiger partial charge in [0.25, 0.3) is 15.9 Å². The monoisotopic (exact) mass is 365 g/mol. The van der Waals surface area contributed by atoms with Crippen LogP contribution < -0.4 is 4.72 Å². The molecule has 0 spiro atoms. The molecule has 6 heteroatoms. The van der Waals surface area contributed by atoms with Gasteiger partial charge in [-0.05, 0) is 53.8 Å². The fourth-order valence-electron chi connectivity index (χ4n) is 2.25. The lowest BCUT2D eigenvalue weighted by Crippen LogP contribution is -2.31. The average Bonchev–Trinajstić information content (AvgIpc) is 2.45. The topological polar surface area (TPSA) is 63.2 Å². The number of nitrogens with one attached hydrogen (secondary N) is 1. The van der Waals surface area contributed by atoms with Gasteiger partial charge in [0, 0.05) is 10.6 Å². The summed E-state index contributed by atoms with van der Waals surface area (Å²) in [5.74, 6) is -0.677. The van der Waals surface area contributed by atoms with E-state index in [1.807, 2.05) is 20.8 Å². The summed E-state index contributed by atoms with van der Waals surface area (Å²) in [4.78, 5) is 12.3. The van der Waals surface area contributed by atoms with E-state index in [2.05, 4.69) is 4.72 Å². The zero-order chi connectivity index (χ0) is 18.1. The quantitative estimate of drug-likeness (QED) is 0.891. The summed E-state index contributed by atoms with van der Waals surface area (Å²) >= 11 is 5.85. The molecule has 0 saturated carbocycles. The lowest BCUT2D eigenvalue weighted by atomic mass is 9.87. The van der Waals surface area contributed by atoms with Crippen molar-refractivity contribution in [3.05, 3.63) is 64.2 Å². The number of amides is 1. The van der Waals surface area contributed by atoms with Crippen LogP contribution in [0.5, 0.6) is 0 Å². The molecule has 0 fully saturated rings. The summed E-state index contributed by atoms with van der Waals surface area (Å²) in [5.41, 5.74) is 1.82. The first-order chi connectivity index (χ1) is 11.0. The second-order valence-corrected chi connectivity index (χ2v) is 8.79. The lowest BCUT2D eigenvalue weighted by molar-refractivity contribution is 0.0981. The van der Waals surface area contributed by atoms with Crippen LogP contribution in [-0.2, 0) is 15.4 Å². The molecule has 4 nitrogen and oxygen atoms in total. The van der Waals surface area contributed by atoms with E-state index in [4.69, 9.17) is 11.6 Å². The predicted octanol–water partition coefficient (Wildman–Crippen LogP) is 4.06. The SMILES string of the molecule is Cc1cc(Cl)ccc1C(=O)NS(=O)(=O)c1ccc(C(C)(C)C)cc1. The Bertz CT molecular complexity index is 866. The van der Waals surface area contributed by atoms with E-state index in [1.54, 1.807) is 31.2 Å². The van der Waals surface area contributed by atoms with E-state index in [0.717, 1.165) is 5.56 Å². The first-order valence-corrected chi connectivity index (χ1v) is 9.31. The first-order valence-electron chi connectivity index (χ1n) is 7.44. The van der Waals surface area contributed by atoms with Crippen LogP contribution in [0.1, 0.15) is 42.3 Å². The molecule has 0 bridgehead atoms. The highest BCUT2D eigenvalue weighted by Crippen LogP contribution is 2.23. The van der Waals surface area contributed by atoms with Gasteiger partial charge in [0.05, 0.1) is 4.90 Å². The number of aryl methyl sites for hydroxylation is 1. The molecule has 2 aromatic rings. The highest BCUT2D eigenvalue weighted by atomic mass is 35.5. The van der Waals surface area contributed by atoms with Crippen LogP contribution in [0.15, 0.2) is 47.4 Å². The van der Waals surface area contributed by atoms with E-state index >= 15 is 0 Å². The third-order valence-electron chi connectivity index (χ3n) is 3.69. The Hall–Kier alpha value is -1.85. The van der Waals surface area contributed by atoms with Gasteiger partial charge in [-0.1, -0.05) is 44.5 Å². The summed E-state index contributed by atoms with van der Waals surface area (Å²) in [7, 11) is -3.93. The van der Waals surface area contributed by atoms with E-state index in [0.29, 0.717) is 10.6 Å². The van der Waals surface area contributed by atoms with Crippen LogP contribution in [0.25, 0.3) is 0 Å². The minimum absolute atomic E-state index is 0.0514. The predicted molar refractivity (Wildman–Crippen MR) is 96.0 cm³/mol. The largest absolute Gasteiger partial charge is 0.268 e. The molecule has 2 aromatic carbocycles. The summed E-state index contributed by atoms with van der Waals surface area (Å²) in [5, 5.41) is 0.490. The van der Waals surface area contributed by atoms with E-state index in [9.17, 15) is 13.2 Å². The van der Waals surface area contributed by atoms with Gasteiger partial charge in [0.15, 0.2) is 0 Å². The molecule has 1 amide bonds. The number of hydrogen-bond acceptors (Lipinski definition) is 3. The lowest BCUT2D eigenvalue weighted by Gasteiger charge is -2.19. The van der Waals surface area contributed by atoms with Gasteiger partial charge >= 0.3 is 0 Å². The summed E-state index contributed by atoms with van der Waals surface area (Å²) in [6.07, 6.45) is 0. The zero-order valence-corrected chi connectivity index (χ0v) is 15.6. The second-order valence-electron chi connectivity index (χ2n) is 6.67. The van der Waals surface area contributed by atoms with Gasteiger partial charge < -0.3 is 0 Å². The minimum atomic E-state index is -3.93. The molecule has 1 N–H and O–H groups in total. The highest BCUT2D eigenvalue weighted by Gasteiger charge is 2.21. The Morgan fingerprint density at radius 2 is 1.62 bits per heavy atom. The average molecular weight is 366 g/mol. The maximum Gasteiger partial charge on any atom is 0.265 e. The van der Waals surface area contributed by atoms with Gasteiger partial charge in [-0.3, -0.25) is 4.79 Å². The molecule has 2 rings (SSSR count). The molecule has 0 atom stereocenters. The van der Waals surface area contributed by atoms with Crippen molar-refractivity contribution in [3.63, 3.8) is 0 Å². The normalized spacial score (nSPS) is 12.0. The number of carbonyl (C=O) groups excluding carboxylic acids is 1. The van der Waals surface area contributed by atoms with Crippen molar-refractivity contribution >= 4 is 27.5 Å². The molecule has 128 valence electrons. The van der Waals surface area contributed by atoms with Crippen LogP contribution in [0.2, 0.25) is 5.02 Å². The standard InChI is InChI=1S/C18H20ClNO3S/c1-12-11-14(19)7-10-16(12)17(21)20-24(22,23)15-8-5-13(6-9-15)18(2,3)4/h5-11H,1-4H3,(H,20,21). The number of halogens is 1. The molecule has 0 heterocycles. The zero-order valence-electron chi connectivity index (χ0n) is 14.1. The fourth-order valence-corrected chi connectivity index (χ4v) is 3.44. The molecule has 0 saturated heterocycles. The van der Waals surface area contributed by atoms with Crippen molar-refractivity contribution in [2.24, 2.45) is 0 Å². The smallest absolute Gasteiger partial charge is 0.265 e. The van der Waals surface area contributed by atoms with Crippen molar-refractivity contribution in [1.82, 2.24) is 4.72 Å². The maximum atomic E-state index is 12.4. The van der Waals surface area contributed by atoms with Crippen molar-refractivity contribution in [3.8, 4) is 0 Å². The fraction of sp³-hybridized carbons (Fsp3) is 0.278. The van der Waals surface area contributed by atoms with Gasteiger partial charge in [-0.25, -0.2) is 13.1 Å². The molecule has 0 aromatic heterocycles. The molecule has 0 aliphatic rings. The first kappa shape index (κ1) is 18.5. The Kier molecular flexibility index (Phi) is 5.06. The van der Waals surface area contributed by atoms with Crippen LogP contribution in [0.3, 0.4) is 0 Å². The number of hydrogen-bond donors (Lipinski definition) is 1. The molecule has 0 aliphatic heterocycles. The number of sulfonamides is 1. The number of carbonyl (C=O) groups is 1. The van der Waals surface area contributed by atoms with Crippen LogP contribution in [0, 0.1) is 6.92 Å². The minimum Gasteiger partial charge on any atom is -0.268 e. The molecule has 0 radical (unpaired) electrons. The Balaban J connectivity index is 2.26. The Morgan fingerprint density at radius 3 is 2.12 bits per heavy atom. The molecular formula is C18H20ClNO3S. The van der Waals surface area contributed by atoms with Gasteiger partial charge in [-0.2, -0.15) is 0 Å². The maximum absolute atomic E-state index is 12.4. The summed E-state index contributed by atoms with van der Waals surface area (Å²) in [6, 6.07) is 11.2. The van der Waals surface area contributed by atoms with Gasteiger partial charge in [0.1, 0.15) is 0 Å². The number of benzene rings is 2. The van der Waals surface area contributed by atoms with Gasteiger partial charge in [-0.15, -0.1) is 0 Å². The summed E-state index contributed by atoms with van der Waals surface area (Å²) < 4.78 is 26.9. The van der Waals surface area contributed by atoms with Crippen LogP contribution >= 0.6 is 11.6 Å². The van der Waals surface area contributed by atoms with E-state index in [1.165, 1.54) is 18.2 Å². The number of rotatable bonds is 3. The van der Waals surface area contributed by atoms with Crippen molar-refractivity contribution < 1.29 is 13.2 Å². The molecule has 0 unspecified atom stereocenters. The third-order valence-corrected chi connectivity index (χ3v) is 5.27. The second kappa shape index (κ2) is 6.57. The van der Waals surface area contributed by atoms with Crippen molar-refractivity contribution in [2.75, 3.05) is 0 Å². The van der Waals surface area contributed by atoms with E-state index < -0.39 is 15.9 Å². The summed E-state index contributed by atoms with van der Waals surface area (Å²) in [6.45, 7) is 7.83. The van der Waals surface area contributed by atoms with Crippen molar-refractivity contribution in [2.45, 2.75) is 38.0 Å². The van der Waals surface area contributed by atoms with Crippen LogP contribution in [0.4, 0.5) is 0 Å². The van der Waals surface area contributed by atoms with Crippen molar-refractivity contribution in [1.29, 1.82) is 0 Å². The van der Waals surface area contributed by atoms with Gasteiger partial charge in [0.2, 0.25) is 0 Å². The molecular weight excluding hydrogens is 346 g/mol. The van der Waals surface area contributed by atoms with E-state index in [-0.39, 0.29) is 15.9 Å². The highest BCUT2D eigenvalue weighted by molar-refractivity contribution is 7.90. The Labute approximate surface area is 147 Å². The van der Waals surface area contributed by atoms with Crippen LogP contribution in [-0.4, -0.2) is 14.3 Å². The molecule has 0 aliphatic carbocycles. The molecule has 24 heavy (non-hydrogen) atoms. The Morgan fingerprint density at radius 1 is 1.04 bits per heavy atom. The third kappa shape index (κ3) is 4.16.